The third-order valence-corrected chi connectivity index (χ3v) is 6.13. The molecule has 0 heterocycles. The Morgan fingerprint density at radius 3 is 1.35 bits per heavy atom. The van der Waals surface area contributed by atoms with Crippen LogP contribution in [0.15, 0.2) is 72.8 Å². The molecule has 4 rings (SSSR count). The van der Waals surface area contributed by atoms with E-state index >= 15 is 0 Å². The summed E-state index contributed by atoms with van der Waals surface area (Å²) in [4.78, 5) is 0. The van der Waals surface area contributed by atoms with Crippen LogP contribution in [0.5, 0.6) is 11.5 Å². The molecule has 0 radical (unpaired) electrons. The molecule has 0 bridgehead atoms. The highest BCUT2D eigenvalue weighted by Gasteiger charge is 2.04. The van der Waals surface area contributed by atoms with E-state index in [0.29, 0.717) is 0 Å². The predicted octanol–water partition coefficient (Wildman–Crippen LogP) is 9.25. The second-order valence-corrected chi connectivity index (χ2v) is 8.70. The van der Waals surface area contributed by atoms with Crippen LogP contribution in [-0.2, 0) is 12.8 Å². The lowest BCUT2D eigenvalue weighted by Crippen LogP contribution is -1.88. The number of ether oxygens (including phenoxy) is 1. The van der Waals surface area contributed by atoms with Gasteiger partial charge in [0.25, 0.3) is 0 Å². The molecular weight excluding hydrogens is 376 g/mol. The Labute approximate surface area is 187 Å². The zero-order valence-corrected chi connectivity index (χ0v) is 19.0. The highest BCUT2D eigenvalue weighted by Crippen LogP contribution is 2.29. The normalized spacial score (nSPS) is 11.3. The molecule has 0 aliphatic heterocycles. The van der Waals surface area contributed by atoms with Gasteiger partial charge < -0.3 is 4.74 Å². The van der Waals surface area contributed by atoms with Crippen molar-refractivity contribution >= 4 is 21.5 Å². The SMILES string of the molecule is CCCCCc1ccc2cc(Oc3ccc4cc(CCCCC)ccc4c3)ccc2c1. The fraction of sp³-hybridized carbons (Fsp3) is 0.333. The molecule has 1 heteroatoms. The molecule has 0 atom stereocenters. The molecule has 0 unspecified atom stereocenters. The topological polar surface area (TPSA) is 9.23 Å². The van der Waals surface area contributed by atoms with Crippen LogP contribution in [0.1, 0.15) is 63.5 Å². The fourth-order valence-electron chi connectivity index (χ4n) is 4.28. The van der Waals surface area contributed by atoms with E-state index in [9.17, 15) is 0 Å². The lowest BCUT2D eigenvalue weighted by molar-refractivity contribution is 0.484. The summed E-state index contributed by atoms with van der Waals surface area (Å²) in [5, 5.41) is 5.04. The molecule has 0 amide bonds. The van der Waals surface area contributed by atoms with E-state index in [1.807, 2.05) is 0 Å². The molecule has 0 N–H and O–H groups in total. The van der Waals surface area contributed by atoms with Crippen molar-refractivity contribution in [1.29, 1.82) is 0 Å². The van der Waals surface area contributed by atoms with Crippen LogP contribution in [0, 0.1) is 0 Å². The van der Waals surface area contributed by atoms with E-state index in [-0.39, 0.29) is 0 Å². The van der Waals surface area contributed by atoms with Gasteiger partial charge in [-0.3, -0.25) is 0 Å². The van der Waals surface area contributed by atoms with E-state index in [2.05, 4.69) is 86.6 Å². The van der Waals surface area contributed by atoms with Crippen molar-refractivity contribution < 1.29 is 4.74 Å². The Morgan fingerprint density at radius 2 is 0.903 bits per heavy atom. The zero-order valence-electron chi connectivity index (χ0n) is 19.0. The quantitative estimate of drug-likeness (QED) is 0.237. The summed E-state index contributed by atoms with van der Waals surface area (Å²) in [5.41, 5.74) is 2.86. The maximum atomic E-state index is 6.21. The molecule has 0 aliphatic rings. The van der Waals surface area contributed by atoms with Crippen LogP contribution in [-0.4, -0.2) is 0 Å². The van der Waals surface area contributed by atoms with Gasteiger partial charge in [-0.25, -0.2) is 0 Å². The molecule has 1 nitrogen and oxygen atoms in total. The first kappa shape index (κ1) is 21.4. The minimum absolute atomic E-state index is 0.891. The summed E-state index contributed by atoms with van der Waals surface area (Å²) in [7, 11) is 0. The second kappa shape index (κ2) is 10.5. The number of hydrogen-bond donors (Lipinski definition) is 0. The standard InChI is InChI=1S/C30H34O/c1-3-5-7-9-23-11-13-27-21-29(17-15-25(27)19-23)31-30-18-16-26-20-24(10-8-6-4-2)12-14-28(26)22-30/h11-22H,3-10H2,1-2H3. The molecule has 31 heavy (non-hydrogen) atoms. The number of rotatable bonds is 10. The molecule has 4 aromatic carbocycles. The van der Waals surface area contributed by atoms with Gasteiger partial charge in [-0.15, -0.1) is 0 Å². The van der Waals surface area contributed by atoms with Crippen LogP contribution in [0.3, 0.4) is 0 Å². The lowest BCUT2D eigenvalue weighted by atomic mass is 10.0. The van der Waals surface area contributed by atoms with Gasteiger partial charge in [-0.1, -0.05) is 88.1 Å². The molecule has 4 aromatic rings. The highest BCUT2D eigenvalue weighted by molar-refractivity contribution is 5.86. The molecular formula is C30H34O. The van der Waals surface area contributed by atoms with E-state index in [4.69, 9.17) is 4.74 Å². The van der Waals surface area contributed by atoms with Crippen molar-refractivity contribution in [3.05, 3.63) is 83.9 Å². The Hall–Kier alpha value is -2.80. The molecule has 0 fully saturated rings. The largest absolute Gasteiger partial charge is 0.457 e. The van der Waals surface area contributed by atoms with Crippen molar-refractivity contribution in [2.45, 2.75) is 65.2 Å². The number of unbranched alkanes of at least 4 members (excludes halogenated alkanes) is 4. The van der Waals surface area contributed by atoms with Crippen LogP contribution >= 0.6 is 0 Å². The van der Waals surface area contributed by atoms with Crippen LogP contribution in [0.4, 0.5) is 0 Å². The summed E-state index contributed by atoms with van der Waals surface area (Å²) in [6, 6.07) is 26.4. The third kappa shape index (κ3) is 5.67. The number of hydrogen-bond acceptors (Lipinski definition) is 1. The molecule has 0 aliphatic carbocycles. The predicted molar refractivity (Wildman–Crippen MR) is 134 cm³/mol. The first-order chi connectivity index (χ1) is 15.2. The number of fused-ring (bicyclic) bond motifs is 2. The van der Waals surface area contributed by atoms with Crippen molar-refractivity contribution in [2.75, 3.05) is 0 Å². The summed E-state index contributed by atoms with van der Waals surface area (Å²) in [5.74, 6) is 1.78. The first-order valence-electron chi connectivity index (χ1n) is 12.0. The van der Waals surface area contributed by atoms with E-state index in [0.717, 1.165) is 11.5 Å². The minimum atomic E-state index is 0.891. The average Bonchev–Trinajstić information content (AvgIpc) is 2.79. The van der Waals surface area contributed by atoms with Gasteiger partial charge in [0, 0.05) is 0 Å². The van der Waals surface area contributed by atoms with Gasteiger partial charge in [0.2, 0.25) is 0 Å². The van der Waals surface area contributed by atoms with E-state index in [1.165, 1.54) is 84.0 Å². The second-order valence-electron chi connectivity index (χ2n) is 8.70. The van der Waals surface area contributed by atoms with Crippen molar-refractivity contribution in [3.63, 3.8) is 0 Å². The Balaban J connectivity index is 1.47. The fourth-order valence-corrected chi connectivity index (χ4v) is 4.28. The van der Waals surface area contributed by atoms with Gasteiger partial charge in [-0.05, 0) is 82.6 Å². The van der Waals surface area contributed by atoms with Crippen molar-refractivity contribution in [3.8, 4) is 11.5 Å². The summed E-state index contributed by atoms with van der Waals surface area (Å²) in [6.45, 7) is 4.51. The van der Waals surface area contributed by atoms with Crippen LogP contribution < -0.4 is 4.74 Å². The van der Waals surface area contributed by atoms with E-state index in [1.54, 1.807) is 0 Å². The highest BCUT2D eigenvalue weighted by atomic mass is 16.5. The van der Waals surface area contributed by atoms with Crippen molar-refractivity contribution in [2.24, 2.45) is 0 Å². The van der Waals surface area contributed by atoms with Crippen molar-refractivity contribution in [1.82, 2.24) is 0 Å². The molecule has 0 aromatic heterocycles. The summed E-state index contributed by atoms with van der Waals surface area (Å²) < 4.78 is 6.21. The smallest absolute Gasteiger partial charge is 0.128 e. The van der Waals surface area contributed by atoms with Gasteiger partial charge >= 0.3 is 0 Å². The van der Waals surface area contributed by atoms with Gasteiger partial charge in [0.1, 0.15) is 11.5 Å². The maximum Gasteiger partial charge on any atom is 0.128 e. The maximum absolute atomic E-state index is 6.21. The third-order valence-electron chi connectivity index (χ3n) is 6.13. The Bertz CT molecular complexity index is 1050. The number of benzene rings is 4. The lowest BCUT2D eigenvalue weighted by Gasteiger charge is -2.10. The van der Waals surface area contributed by atoms with Gasteiger partial charge in [0.15, 0.2) is 0 Å². The summed E-state index contributed by atoms with van der Waals surface area (Å²) >= 11 is 0. The van der Waals surface area contributed by atoms with E-state index < -0.39 is 0 Å². The van der Waals surface area contributed by atoms with Crippen LogP contribution in [0.25, 0.3) is 21.5 Å². The Morgan fingerprint density at radius 1 is 0.484 bits per heavy atom. The molecule has 160 valence electrons. The average molecular weight is 411 g/mol. The molecule has 0 saturated heterocycles. The molecule has 0 spiro atoms. The number of aryl methyl sites for hydroxylation is 2. The Kier molecular flexibility index (Phi) is 7.25. The zero-order chi connectivity index (χ0) is 21.5. The first-order valence-corrected chi connectivity index (χ1v) is 12.0. The molecule has 0 saturated carbocycles. The minimum Gasteiger partial charge on any atom is -0.457 e. The monoisotopic (exact) mass is 410 g/mol. The van der Waals surface area contributed by atoms with Gasteiger partial charge in [0.05, 0.1) is 0 Å². The van der Waals surface area contributed by atoms with Gasteiger partial charge in [-0.2, -0.15) is 0 Å². The van der Waals surface area contributed by atoms with Crippen LogP contribution in [0.2, 0.25) is 0 Å². The summed E-state index contributed by atoms with van der Waals surface area (Å²) in [6.07, 6.45) is 10.0.